The van der Waals surface area contributed by atoms with E-state index >= 15 is 0 Å². The smallest absolute Gasteiger partial charge is 0.254 e. The average molecular weight is 260 g/mol. The molecule has 1 heterocycles. The molecule has 0 atom stereocenters. The summed E-state index contributed by atoms with van der Waals surface area (Å²) in [6, 6.07) is 7.60. The number of benzene rings is 1. The molecule has 1 aromatic carbocycles. The van der Waals surface area contributed by atoms with Gasteiger partial charge in [-0.1, -0.05) is 19.1 Å². The molecule has 4 heteroatoms. The standard InChI is InChI=1S/C15H20N2O2/c1-4-11-5-7-12(8-6-11)13(18)17-10-9-16-14(19)15(17,2)3/h5-8H,4,9-10H2,1-3H3,(H,16,19). The lowest BCUT2D eigenvalue weighted by molar-refractivity contribution is -0.133. The molecule has 1 saturated heterocycles. The first-order valence-electron chi connectivity index (χ1n) is 6.66. The Labute approximate surface area is 113 Å². The highest BCUT2D eigenvalue weighted by atomic mass is 16.2. The number of hydrogen-bond donors (Lipinski definition) is 1. The topological polar surface area (TPSA) is 49.4 Å². The van der Waals surface area contributed by atoms with Gasteiger partial charge in [-0.05, 0) is 38.0 Å². The van der Waals surface area contributed by atoms with Crippen LogP contribution in [0.4, 0.5) is 0 Å². The van der Waals surface area contributed by atoms with E-state index in [4.69, 9.17) is 0 Å². The fourth-order valence-electron chi connectivity index (χ4n) is 2.29. The molecular formula is C15H20N2O2. The number of piperazine rings is 1. The van der Waals surface area contributed by atoms with E-state index in [1.54, 1.807) is 18.7 Å². The lowest BCUT2D eigenvalue weighted by atomic mass is 9.97. The third-order valence-electron chi connectivity index (χ3n) is 3.71. The van der Waals surface area contributed by atoms with Gasteiger partial charge in [-0.15, -0.1) is 0 Å². The van der Waals surface area contributed by atoms with Crippen molar-refractivity contribution < 1.29 is 9.59 Å². The molecule has 1 N–H and O–H groups in total. The predicted molar refractivity (Wildman–Crippen MR) is 73.9 cm³/mol. The van der Waals surface area contributed by atoms with Gasteiger partial charge in [0.2, 0.25) is 5.91 Å². The summed E-state index contributed by atoms with van der Waals surface area (Å²) in [5.41, 5.74) is 1.05. The average Bonchev–Trinajstić information content (AvgIpc) is 2.41. The largest absolute Gasteiger partial charge is 0.352 e. The van der Waals surface area contributed by atoms with Crippen LogP contribution in [0.3, 0.4) is 0 Å². The number of amides is 2. The van der Waals surface area contributed by atoms with Crippen molar-refractivity contribution in [2.75, 3.05) is 13.1 Å². The maximum Gasteiger partial charge on any atom is 0.254 e. The first kappa shape index (κ1) is 13.6. The van der Waals surface area contributed by atoms with E-state index in [0.29, 0.717) is 18.7 Å². The van der Waals surface area contributed by atoms with E-state index in [0.717, 1.165) is 6.42 Å². The summed E-state index contributed by atoms with van der Waals surface area (Å²) in [7, 11) is 0. The van der Waals surface area contributed by atoms with Crippen LogP contribution >= 0.6 is 0 Å². The third kappa shape index (κ3) is 2.48. The highest BCUT2D eigenvalue weighted by Gasteiger charge is 2.40. The van der Waals surface area contributed by atoms with Crippen molar-refractivity contribution in [1.29, 1.82) is 0 Å². The molecule has 0 radical (unpaired) electrons. The van der Waals surface area contributed by atoms with Crippen LogP contribution in [0.2, 0.25) is 0 Å². The van der Waals surface area contributed by atoms with Crippen LogP contribution in [-0.2, 0) is 11.2 Å². The second kappa shape index (κ2) is 5.03. The van der Waals surface area contributed by atoms with Crippen LogP contribution in [0.5, 0.6) is 0 Å². The lowest BCUT2D eigenvalue weighted by Gasteiger charge is -2.41. The van der Waals surface area contributed by atoms with Gasteiger partial charge in [0.15, 0.2) is 0 Å². The van der Waals surface area contributed by atoms with Crippen LogP contribution < -0.4 is 5.32 Å². The van der Waals surface area contributed by atoms with Gasteiger partial charge in [0.1, 0.15) is 5.54 Å². The third-order valence-corrected chi connectivity index (χ3v) is 3.71. The molecule has 19 heavy (non-hydrogen) atoms. The minimum atomic E-state index is -0.793. The number of nitrogens with one attached hydrogen (secondary N) is 1. The number of rotatable bonds is 2. The molecule has 2 rings (SSSR count). The van der Waals surface area contributed by atoms with Gasteiger partial charge in [0.25, 0.3) is 5.91 Å². The van der Waals surface area contributed by atoms with Crippen LogP contribution in [-0.4, -0.2) is 35.3 Å². The zero-order valence-electron chi connectivity index (χ0n) is 11.7. The molecule has 1 aliphatic heterocycles. The Hall–Kier alpha value is -1.84. The molecule has 1 aromatic rings. The van der Waals surface area contributed by atoms with Crippen LogP contribution in [0.1, 0.15) is 36.7 Å². The number of carbonyl (C=O) groups excluding carboxylic acids is 2. The minimum absolute atomic E-state index is 0.0810. The normalized spacial score (nSPS) is 18.1. The molecule has 1 fully saturated rings. The number of aryl methyl sites for hydroxylation is 1. The Morgan fingerprint density at radius 2 is 1.95 bits per heavy atom. The molecule has 0 aromatic heterocycles. The van der Waals surface area contributed by atoms with Crippen molar-refractivity contribution in [2.45, 2.75) is 32.7 Å². The minimum Gasteiger partial charge on any atom is -0.352 e. The number of hydrogen-bond acceptors (Lipinski definition) is 2. The van der Waals surface area contributed by atoms with Gasteiger partial charge >= 0.3 is 0 Å². The van der Waals surface area contributed by atoms with Crippen molar-refractivity contribution >= 4 is 11.8 Å². The summed E-state index contributed by atoms with van der Waals surface area (Å²) in [6.07, 6.45) is 0.950. The molecule has 102 valence electrons. The first-order valence-corrected chi connectivity index (χ1v) is 6.66. The molecule has 0 unspecified atom stereocenters. The van der Waals surface area contributed by atoms with E-state index in [1.165, 1.54) is 5.56 Å². The SMILES string of the molecule is CCc1ccc(C(=O)N2CCNC(=O)C2(C)C)cc1. The monoisotopic (exact) mass is 260 g/mol. The van der Waals surface area contributed by atoms with Gasteiger partial charge in [-0.25, -0.2) is 0 Å². The summed E-state index contributed by atoms with van der Waals surface area (Å²) >= 11 is 0. The Kier molecular flexibility index (Phi) is 3.60. The molecule has 1 aliphatic rings. The summed E-state index contributed by atoms with van der Waals surface area (Å²) in [5.74, 6) is -0.181. The molecule has 0 bridgehead atoms. The lowest BCUT2D eigenvalue weighted by Crippen LogP contribution is -2.63. The molecule has 0 spiro atoms. The van der Waals surface area contributed by atoms with Gasteiger partial charge < -0.3 is 10.2 Å². The zero-order chi connectivity index (χ0) is 14.0. The number of carbonyl (C=O) groups is 2. The fourth-order valence-corrected chi connectivity index (χ4v) is 2.29. The summed E-state index contributed by atoms with van der Waals surface area (Å²) in [5, 5.41) is 2.79. The zero-order valence-corrected chi connectivity index (χ0v) is 11.7. The van der Waals surface area contributed by atoms with Crippen molar-refractivity contribution in [3.05, 3.63) is 35.4 Å². The maximum atomic E-state index is 12.5. The maximum absolute atomic E-state index is 12.5. The molecule has 0 saturated carbocycles. The van der Waals surface area contributed by atoms with Gasteiger partial charge in [0.05, 0.1) is 0 Å². The highest BCUT2D eigenvalue weighted by Crippen LogP contribution is 2.20. The molecule has 2 amide bonds. The van der Waals surface area contributed by atoms with Gasteiger partial charge in [0, 0.05) is 18.7 Å². The molecule has 0 aliphatic carbocycles. The number of nitrogens with zero attached hydrogens (tertiary/aromatic N) is 1. The Bertz CT molecular complexity index is 491. The van der Waals surface area contributed by atoms with E-state index < -0.39 is 5.54 Å². The van der Waals surface area contributed by atoms with Gasteiger partial charge in [-0.2, -0.15) is 0 Å². The van der Waals surface area contributed by atoms with Crippen LogP contribution in [0.25, 0.3) is 0 Å². The summed E-state index contributed by atoms with van der Waals surface area (Å²) in [6.45, 7) is 6.70. The second-order valence-electron chi connectivity index (χ2n) is 5.32. The summed E-state index contributed by atoms with van der Waals surface area (Å²) < 4.78 is 0. The van der Waals surface area contributed by atoms with Crippen LogP contribution in [0.15, 0.2) is 24.3 Å². The van der Waals surface area contributed by atoms with E-state index in [9.17, 15) is 9.59 Å². The van der Waals surface area contributed by atoms with Crippen molar-refractivity contribution in [2.24, 2.45) is 0 Å². The van der Waals surface area contributed by atoms with Crippen molar-refractivity contribution in [3.8, 4) is 0 Å². The van der Waals surface area contributed by atoms with E-state index in [1.807, 2.05) is 24.3 Å². The van der Waals surface area contributed by atoms with Crippen LogP contribution in [0, 0.1) is 0 Å². The Morgan fingerprint density at radius 3 is 2.53 bits per heavy atom. The van der Waals surface area contributed by atoms with Crippen molar-refractivity contribution in [1.82, 2.24) is 10.2 Å². The fraction of sp³-hybridized carbons (Fsp3) is 0.467. The molecule has 4 nitrogen and oxygen atoms in total. The van der Waals surface area contributed by atoms with Gasteiger partial charge in [-0.3, -0.25) is 9.59 Å². The van der Waals surface area contributed by atoms with E-state index in [-0.39, 0.29) is 11.8 Å². The summed E-state index contributed by atoms with van der Waals surface area (Å²) in [4.78, 5) is 26.0. The molecular weight excluding hydrogens is 240 g/mol. The van der Waals surface area contributed by atoms with E-state index in [2.05, 4.69) is 12.2 Å². The van der Waals surface area contributed by atoms with Crippen molar-refractivity contribution in [3.63, 3.8) is 0 Å². The first-order chi connectivity index (χ1) is 8.96. The predicted octanol–water partition coefficient (Wildman–Crippen LogP) is 1.60. The Balaban J connectivity index is 2.24. The highest BCUT2D eigenvalue weighted by molar-refractivity contribution is 5.99. The Morgan fingerprint density at radius 1 is 1.32 bits per heavy atom. The quantitative estimate of drug-likeness (QED) is 0.878. The second-order valence-corrected chi connectivity index (χ2v) is 5.32.